The molecule has 1 aromatic rings. The monoisotopic (exact) mass is 378 g/mol. The van der Waals surface area contributed by atoms with Crippen LogP contribution >= 0.6 is 0 Å². The van der Waals surface area contributed by atoms with Gasteiger partial charge in [-0.2, -0.15) is 0 Å². The molecule has 2 fully saturated rings. The molecule has 0 heterocycles. The minimum atomic E-state index is 0.738. The normalized spacial score (nSPS) is 27.9. The van der Waals surface area contributed by atoms with Crippen LogP contribution in [-0.4, -0.2) is 7.11 Å². The van der Waals surface area contributed by atoms with Gasteiger partial charge in [0.2, 0.25) is 0 Å². The molecule has 0 radical (unpaired) electrons. The maximum Gasteiger partial charge on any atom is 0.118 e. The molecular formula is C27H38O. The third-order valence-corrected chi connectivity index (χ3v) is 7.10. The molecule has 0 saturated heterocycles. The van der Waals surface area contributed by atoms with Gasteiger partial charge in [-0.1, -0.05) is 56.9 Å². The van der Waals surface area contributed by atoms with Crippen LogP contribution in [0.2, 0.25) is 0 Å². The van der Waals surface area contributed by atoms with Gasteiger partial charge in [-0.05, 0) is 92.5 Å². The van der Waals surface area contributed by atoms with Crippen LogP contribution in [0, 0.1) is 35.5 Å². The van der Waals surface area contributed by atoms with Gasteiger partial charge in [0.15, 0.2) is 0 Å². The molecule has 2 aliphatic rings. The van der Waals surface area contributed by atoms with Crippen molar-refractivity contribution in [1.29, 1.82) is 0 Å². The molecule has 0 bridgehead atoms. The Morgan fingerprint density at radius 1 is 0.929 bits per heavy atom. The standard InChI is InChI=1S/C27H38O/c1-3-4-7-22-10-16-25(17-11-22)26-18-12-23(13-19-26)8-5-6-9-24-14-20-27(28-2)21-15-24/h5,8,14-15,20-23,25-26H,3-4,7,10-13,16-19H2,1-2H3/b8-5+/t22-,23?,25-,26?. The van der Waals surface area contributed by atoms with Crippen LogP contribution < -0.4 is 4.74 Å². The molecule has 1 aromatic carbocycles. The first-order valence-electron chi connectivity index (χ1n) is 11.6. The SMILES string of the molecule is CCCC[C@H]1CC[C@H](C2CCC(/C=C/C#Cc3ccc(OC)cc3)CC2)CC1. The Labute approximate surface area is 173 Å². The first kappa shape index (κ1) is 21.0. The fraction of sp³-hybridized carbons (Fsp3) is 0.630. The first-order chi connectivity index (χ1) is 13.8. The lowest BCUT2D eigenvalue weighted by Gasteiger charge is -2.37. The van der Waals surface area contributed by atoms with E-state index < -0.39 is 0 Å². The number of ether oxygens (including phenoxy) is 1. The molecule has 2 saturated carbocycles. The van der Waals surface area contributed by atoms with Crippen molar-refractivity contribution >= 4 is 0 Å². The molecular weight excluding hydrogens is 340 g/mol. The lowest BCUT2D eigenvalue weighted by atomic mass is 9.68. The van der Waals surface area contributed by atoms with E-state index in [2.05, 4.69) is 30.9 Å². The second kappa shape index (κ2) is 11.4. The molecule has 28 heavy (non-hydrogen) atoms. The van der Waals surface area contributed by atoms with E-state index in [-0.39, 0.29) is 0 Å². The van der Waals surface area contributed by atoms with Gasteiger partial charge >= 0.3 is 0 Å². The fourth-order valence-corrected chi connectivity index (χ4v) is 5.23. The molecule has 0 aromatic heterocycles. The molecule has 3 rings (SSSR count). The van der Waals surface area contributed by atoms with Crippen LogP contribution in [0.4, 0.5) is 0 Å². The molecule has 2 aliphatic carbocycles. The van der Waals surface area contributed by atoms with Gasteiger partial charge in [0.05, 0.1) is 7.11 Å². The largest absolute Gasteiger partial charge is 0.497 e. The van der Waals surface area contributed by atoms with E-state index in [0.29, 0.717) is 0 Å². The zero-order valence-corrected chi connectivity index (χ0v) is 18.0. The highest BCUT2D eigenvalue weighted by molar-refractivity contribution is 5.40. The Hall–Kier alpha value is -1.68. The van der Waals surface area contributed by atoms with Crippen molar-refractivity contribution in [2.24, 2.45) is 23.7 Å². The van der Waals surface area contributed by atoms with Crippen molar-refractivity contribution in [3.8, 4) is 17.6 Å². The van der Waals surface area contributed by atoms with Crippen LogP contribution in [0.15, 0.2) is 36.4 Å². The summed E-state index contributed by atoms with van der Waals surface area (Å²) in [6.07, 6.45) is 20.3. The minimum Gasteiger partial charge on any atom is -0.497 e. The topological polar surface area (TPSA) is 9.23 Å². The van der Waals surface area contributed by atoms with Gasteiger partial charge < -0.3 is 4.74 Å². The summed E-state index contributed by atoms with van der Waals surface area (Å²) in [5.41, 5.74) is 1.05. The average Bonchev–Trinajstić information content (AvgIpc) is 2.76. The predicted octanol–water partition coefficient (Wildman–Crippen LogP) is 7.41. The summed E-state index contributed by atoms with van der Waals surface area (Å²) >= 11 is 0. The predicted molar refractivity (Wildman–Crippen MR) is 119 cm³/mol. The van der Waals surface area contributed by atoms with E-state index in [1.807, 2.05) is 24.3 Å². The number of unbranched alkanes of at least 4 members (excludes halogenated alkanes) is 1. The number of hydrogen-bond acceptors (Lipinski definition) is 1. The van der Waals surface area contributed by atoms with Crippen LogP contribution in [0.3, 0.4) is 0 Å². The molecule has 0 N–H and O–H groups in total. The smallest absolute Gasteiger partial charge is 0.118 e. The van der Waals surface area contributed by atoms with E-state index >= 15 is 0 Å². The molecule has 0 unspecified atom stereocenters. The maximum atomic E-state index is 5.19. The lowest BCUT2D eigenvalue weighted by molar-refractivity contribution is 0.152. The summed E-state index contributed by atoms with van der Waals surface area (Å²) in [4.78, 5) is 0. The third kappa shape index (κ3) is 6.44. The van der Waals surface area contributed by atoms with Crippen molar-refractivity contribution in [2.75, 3.05) is 7.11 Å². The number of hydrogen-bond donors (Lipinski definition) is 0. The van der Waals surface area contributed by atoms with Gasteiger partial charge in [0.1, 0.15) is 5.75 Å². The van der Waals surface area contributed by atoms with Crippen molar-refractivity contribution in [1.82, 2.24) is 0 Å². The maximum absolute atomic E-state index is 5.19. The molecule has 152 valence electrons. The lowest BCUT2D eigenvalue weighted by Crippen LogP contribution is -2.25. The number of methoxy groups -OCH3 is 1. The highest BCUT2D eigenvalue weighted by Gasteiger charge is 2.30. The summed E-state index contributed by atoms with van der Waals surface area (Å²) in [5.74, 6) is 11.1. The van der Waals surface area contributed by atoms with Gasteiger partial charge in [-0.25, -0.2) is 0 Å². The zero-order chi connectivity index (χ0) is 19.6. The Balaban J connectivity index is 1.37. The van der Waals surface area contributed by atoms with Crippen LogP contribution in [-0.2, 0) is 0 Å². The number of benzene rings is 1. The Morgan fingerprint density at radius 2 is 1.57 bits per heavy atom. The molecule has 0 aliphatic heterocycles. The average molecular weight is 379 g/mol. The van der Waals surface area contributed by atoms with Crippen molar-refractivity contribution in [3.05, 3.63) is 42.0 Å². The second-order valence-electron chi connectivity index (χ2n) is 8.95. The van der Waals surface area contributed by atoms with Crippen LogP contribution in [0.25, 0.3) is 0 Å². The highest BCUT2D eigenvalue weighted by Crippen LogP contribution is 2.42. The van der Waals surface area contributed by atoms with Gasteiger partial charge in [-0.15, -0.1) is 0 Å². The molecule has 0 spiro atoms. The Kier molecular flexibility index (Phi) is 8.53. The summed E-state index contributed by atoms with van der Waals surface area (Å²) < 4.78 is 5.19. The van der Waals surface area contributed by atoms with Crippen molar-refractivity contribution in [2.45, 2.75) is 77.6 Å². The molecule has 0 atom stereocenters. The van der Waals surface area contributed by atoms with Crippen molar-refractivity contribution < 1.29 is 4.74 Å². The number of rotatable bonds is 6. The Bertz CT molecular complexity index is 644. The minimum absolute atomic E-state index is 0.738. The van der Waals surface area contributed by atoms with E-state index in [1.165, 1.54) is 70.6 Å². The second-order valence-corrected chi connectivity index (χ2v) is 8.95. The van der Waals surface area contributed by atoms with Gasteiger partial charge in [-0.3, -0.25) is 0 Å². The Morgan fingerprint density at radius 3 is 2.18 bits per heavy atom. The zero-order valence-electron chi connectivity index (χ0n) is 18.0. The third-order valence-electron chi connectivity index (χ3n) is 7.10. The first-order valence-corrected chi connectivity index (χ1v) is 11.6. The fourth-order valence-electron chi connectivity index (χ4n) is 5.23. The summed E-state index contributed by atoms with van der Waals surface area (Å²) in [6.45, 7) is 2.32. The summed E-state index contributed by atoms with van der Waals surface area (Å²) in [7, 11) is 1.69. The summed E-state index contributed by atoms with van der Waals surface area (Å²) in [6, 6.07) is 7.96. The van der Waals surface area contributed by atoms with Crippen molar-refractivity contribution in [3.63, 3.8) is 0 Å². The van der Waals surface area contributed by atoms with E-state index in [1.54, 1.807) is 7.11 Å². The summed E-state index contributed by atoms with van der Waals surface area (Å²) in [5, 5.41) is 0. The number of allylic oxidation sites excluding steroid dienone is 2. The molecule has 1 nitrogen and oxygen atoms in total. The molecule has 1 heteroatoms. The van der Waals surface area contributed by atoms with Gasteiger partial charge in [0.25, 0.3) is 0 Å². The van der Waals surface area contributed by atoms with Gasteiger partial charge in [0, 0.05) is 5.56 Å². The van der Waals surface area contributed by atoms with E-state index in [9.17, 15) is 0 Å². The highest BCUT2D eigenvalue weighted by atomic mass is 16.5. The van der Waals surface area contributed by atoms with Crippen LogP contribution in [0.1, 0.15) is 83.1 Å². The van der Waals surface area contributed by atoms with E-state index in [4.69, 9.17) is 4.74 Å². The van der Waals surface area contributed by atoms with E-state index in [0.717, 1.165) is 35.0 Å². The quantitative estimate of drug-likeness (QED) is 0.468. The van der Waals surface area contributed by atoms with Crippen LogP contribution in [0.5, 0.6) is 5.75 Å². The molecule has 0 amide bonds.